The number of likely N-dealkylation sites (N-methyl/N-ethyl adjacent to an activating group) is 1. The standard InChI is InChI=1S/C13H16F2N2O/c1-4-17(8-13(2,3)18)10-6-5-9(7-16)11(14)12(10)15/h5-6,18H,4,8H2,1-3H3. The van der Waals surface area contributed by atoms with Crippen molar-refractivity contribution in [3.05, 3.63) is 29.3 Å². The quantitative estimate of drug-likeness (QED) is 0.897. The Hall–Kier alpha value is -1.67. The van der Waals surface area contributed by atoms with Crippen molar-refractivity contribution in [1.82, 2.24) is 0 Å². The van der Waals surface area contributed by atoms with Crippen LogP contribution in [0, 0.1) is 23.0 Å². The van der Waals surface area contributed by atoms with E-state index in [9.17, 15) is 13.9 Å². The van der Waals surface area contributed by atoms with E-state index < -0.39 is 17.2 Å². The summed E-state index contributed by atoms with van der Waals surface area (Å²) in [6.07, 6.45) is 0. The van der Waals surface area contributed by atoms with Crippen molar-refractivity contribution in [2.75, 3.05) is 18.0 Å². The number of halogens is 2. The molecule has 1 aromatic rings. The molecule has 0 bridgehead atoms. The fourth-order valence-electron chi connectivity index (χ4n) is 1.70. The molecule has 98 valence electrons. The molecule has 0 saturated heterocycles. The fraction of sp³-hybridized carbons (Fsp3) is 0.462. The van der Waals surface area contributed by atoms with E-state index in [1.54, 1.807) is 26.8 Å². The number of benzene rings is 1. The van der Waals surface area contributed by atoms with Crippen molar-refractivity contribution in [2.45, 2.75) is 26.4 Å². The normalized spacial score (nSPS) is 11.2. The van der Waals surface area contributed by atoms with Gasteiger partial charge in [0.05, 0.1) is 16.9 Å². The second kappa shape index (κ2) is 5.32. The van der Waals surface area contributed by atoms with Crippen LogP contribution in [0.2, 0.25) is 0 Å². The lowest BCUT2D eigenvalue weighted by molar-refractivity contribution is 0.0874. The Kier molecular flexibility index (Phi) is 4.25. The molecule has 0 aliphatic carbocycles. The molecule has 5 heteroatoms. The Balaban J connectivity index is 3.16. The molecule has 0 aliphatic heterocycles. The van der Waals surface area contributed by atoms with Crippen molar-refractivity contribution < 1.29 is 13.9 Å². The van der Waals surface area contributed by atoms with Crippen molar-refractivity contribution in [2.24, 2.45) is 0 Å². The van der Waals surface area contributed by atoms with Gasteiger partial charge in [-0.2, -0.15) is 5.26 Å². The Bertz CT molecular complexity index is 475. The van der Waals surface area contributed by atoms with Gasteiger partial charge >= 0.3 is 0 Å². The maximum atomic E-state index is 13.8. The Labute approximate surface area is 105 Å². The summed E-state index contributed by atoms with van der Waals surface area (Å²) in [5, 5.41) is 18.3. The van der Waals surface area contributed by atoms with Crippen LogP contribution >= 0.6 is 0 Å². The third kappa shape index (κ3) is 3.17. The van der Waals surface area contributed by atoms with Crippen LogP contribution in [0.4, 0.5) is 14.5 Å². The first-order chi connectivity index (χ1) is 8.30. The van der Waals surface area contributed by atoms with E-state index in [1.807, 2.05) is 0 Å². The van der Waals surface area contributed by atoms with E-state index in [0.29, 0.717) is 6.54 Å². The molecule has 0 spiro atoms. The maximum Gasteiger partial charge on any atom is 0.183 e. The Morgan fingerprint density at radius 3 is 2.39 bits per heavy atom. The van der Waals surface area contributed by atoms with E-state index in [1.165, 1.54) is 17.0 Å². The number of hydrogen-bond donors (Lipinski definition) is 1. The average Bonchev–Trinajstić information content (AvgIpc) is 2.29. The second-order valence-electron chi connectivity index (χ2n) is 4.70. The number of nitriles is 1. The van der Waals surface area contributed by atoms with Gasteiger partial charge in [-0.15, -0.1) is 0 Å². The zero-order chi connectivity index (χ0) is 13.9. The van der Waals surface area contributed by atoms with Gasteiger partial charge in [0.15, 0.2) is 11.6 Å². The van der Waals surface area contributed by atoms with Crippen LogP contribution in [0.25, 0.3) is 0 Å². The SMILES string of the molecule is CCN(CC(C)(C)O)c1ccc(C#N)c(F)c1F. The first-order valence-corrected chi connectivity index (χ1v) is 5.65. The summed E-state index contributed by atoms with van der Waals surface area (Å²) in [4.78, 5) is 1.53. The predicted octanol–water partition coefficient (Wildman–Crippen LogP) is 2.43. The summed E-state index contributed by atoms with van der Waals surface area (Å²) in [6.45, 7) is 5.56. The van der Waals surface area contributed by atoms with Crippen LogP contribution < -0.4 is 4.90 Å². The molecular formula is C13H16F2N2O. The van der Waals surface area contributed by atoms with E-state index in [4.69, 9.17) is 5.26 Å². The van der Waals surface area contributed by atoms with Crippen LogP contribution in [0.1, 0.15) is 26.3 Å². The zero-order valence-electron chi connectivity index (χ0n) is 10.7. The van der Waals surface area contributed by atoms with Gasteiger partial charge in [-0.25, -0.2) is 8.78 Å². The molecule has 0 fully saturated rings. The lowest BCUT2D eigenvalue weighted by Gasteiger charge is -2.30. The van der Waals surface area contributed by atoms with Crippen LogP contribution in [-0.2, 0) is 0 Å². The van der Waals surface area contributed by atoms with Crippen LogP contribution in [0.15, 0.2) is 12.1 Å². The molecule has 0 unspecified atom stereocenters. The lowest BCUT2D eigenvalue weighted by atomic mass is 10.1. The summed E-state index contributed by atoms with van der Waals surface area (Å²) in [5.41, 5.74) is -1.29. The van der Waals surface area contributed by atoms with Gasteiger partial charge in [-0.3, -0.25) is 0 Å². The van der Waals surface area contributed by atoms with Crippen molar-refractivity contribution >= 4 is 5.69 Å². The minimum absolute atomic E-state index is 0.0520. The summed E-state index contributed by atoms with van der Waals surface area (Å²) < 4.78 is 27.3. The van der Waals surface area contributed by atoms with Crippen LogP contribution in [-0.4, -0.2) is 23.8 Å². The first kappa shape index (κ1) is 14.4. The van der Waals surface area contributed by atoms with Gasteiger partial charge in [0.2, 0.25) is 0 Å². The molecule has 0 saturated carbocycles. The molecule has 1 aromatic carbocycles. The Morgan fingerprint density at radius 2 is 1.94 bits per heavy atom. The minimum atomic E-state index is -1.15. The van der Waals surface area contributed by atoms with Gasteiger partial charge in [-0.05, 0) is 32.9 Å². The van der Waals surface area contributed by atoms with Gasteiger partial charge < -0.3 is 10.0 Å². The van der Waals surface area contributed by atoms with Crippen molar-refractivity contribution in [3.8, 4) is 6.07 Å². The summed E-state index contributed by atoms with van der Waals surface area (Å²) in [5.74, 6) is -2.20. The number of nitrogens with zero attached hydrogens (tertiary/aromatic N) is 2. The van der Waals surface area contributed by atoms with E-state index in [-0.39, 0.29) is 17.8 Å². The van der Waals surface area contributed by atoms with Crippen molar-refractivity contribution in [1.29, 1.82) is 5.26 Å². The molecule has 0 atom stereocenters. The van der Waals surface area contributed by atoms with Crippen LogP contribution in [0.5, 0.6) is 0 Å². The third-order valence-electron chi connectivity index (χ3n) is 2.48. The largest absolute Gasteiger partial charge is 0.389 e. The summed E-state index contributed by atoms with van der Waals surface area (Å²) in [6, 6.07) is 4.18. The molecule has 1 N–H and O–H groups in total. The zero-order valence-corrected chi connectivity index (χ0v) is 10.7. The van der Waals surface area contributed by atoms with E-state index in [0.717, 1.165) is 0 Å². The molecule has 0 aliphatic rings. The molecule has 0 amide bonds. The lowest BCUT2D eigenvalue weighted by Crippen LogP contribution is -2.39. The number of aliphatic hydroxyl groups is 1. The van der Waals surface area contributed by atoms with Gasteiger partial charge in [-0.1, -0.05) is 0 Å². The molecule has 0 radical (unpaired) electrons. The van der Waals surface area contributed by atoms with Gasteiger partial charge in [0.25, 0.3) is 0 Å². The predicted molar refractivity (Wildman–Crippen MR) is 65.3 cm³/mol. The van der Waals surface area contributed by atoms with E-state index in [2.05, 4.69) is 0 Å². The number of hydrogen-bond acceptors (Lipinski definition) is 3. The fourth-order valence-corrected chi connectivity index (χ4v) is 1.70. The Morgan fingerprint density at radius 1 is 1.33 bits per heavy atom. The highest BCUT2D eigenvalue weighted by Crippen LogP contribution is 2.25. The van der Waals surface area contributed by atoms with E-state index >= 15 is 0 Å². The summed E-state index contributed by atoms with van der Waals surface area (Å²) >= 11 is 0. The molecule has 3 nitrogen and oxygen atoms in total. The molecule has 1 rings (SSSR count). The average molecular weight is 254 g/mol. The molecular weight excluding hydrogens is 238 g/mol. The highest BCUT2D eigenvalue weighted by molar-refractivity contribution is 5.52. The van der Waals surface area contributed by atoms with Crippen molar-refractivity contribution in [3.63, 3.8) is 0 Å². The summed E-state index contributed by atoms with van der Waals surface area (Å²) in [7, 11) is 0. The highest BCUT2D eigenvalue weighted by atomic mass is 19.2. The second-order valence-corrected chi connectivity index (χ2v) is 4.70. The van der Waals surface area contributed by atoms with Gasteiger partial charge in [0, 0.05) is 13.1 Å². The molecule has 0 heterocycles. The monoisotopic (exact) mass is 254 g/mol. The van der Waals surface area contributed by atoms with Crippen LogP contribution in [0.3, 0.4) is 0 Å². The first-order valence-electron chi connectivity index (χ1n) is 5.65. The highest BCUT2D eigenvalue weighted by Gasteiger charge is 2.22. The maximum absolute atomic E-state index is 13.8. The number of rotatable bonds is 4. The molecule has 18 heavy (non-hydrogen) atoms. The third-order valence-corrected chi connectivity index (χ3v) is 2.48. The smallest absolute Gasteiger partial charge is 0.183 e. The topological polar surface area (TPSA) is 47.3 Å². The number of anilines is 1. The minimum Gasteiger partial charge on any atom is -0.389 e. The van der Waals surface area contributed by atoms with Gasteiger partial charge in [0.1, 0.15) is 6.07 Å². The molecule has 0 aromatic heterocycles.